The number of nitrogens with one attached hydrogen (secondary N) is 2. The second-order valence-corrected chi connectivity index (χ2v) is 8.78. The van der Waals surface area contributed by atoms with Crippen molar-refractivity contribution in [2.24, 2.45) is 0 Å². The number of hydrogen-bond donors (Lipinski definition) is 3. The lowest BCUT2D eigenvalue weighted by atomic mass is 9.96. The first-order valence-corrected chi connectivity index (χ1v) is 11.6. The number of fused-ring (bicyclic) bond motifs is 1. The molecule has 1 saturated heterocycles. The van der Waals surface area contributed by atoms with Crippen LogP contribution in [0.25, 0.3) is 27.8 Å². The smallest absolute Gasteiger partial charge is 0.251 e. The van der Waals surface area contributed by atoms with Gasteiger partial charge in [0.25, 0.3) is 11.8 Å². The van der Waals surface area contributed by atoms with E-state index < -0.39 is 0 Å². The van der Waals surface area contributed by atoms with Gasteiger partial charge in [0.2, 0.25) is 0 Å². The number of carbonyl (C=O) groups excluding carboxylic acids is 2. The molecule has 1 fully saturated rings. The van der Waals surface area contributed by atoms with Crippen molar-refractivity contribution in [2.45, 2.75) is 19.4 Å². The number of aromatic nitrogens is 3. The number of amides is 2. The minimum absolute atomic E-state index is 0.0410. The molecule has 36 heavy (non-hydrogen) atoms. The number of ether oxygens (including phenoxy) is 1. The third-order valence-corrected chi connectivity index (χ3v) is 6.14. The van der Waals surface area contributed by atoms with Gasteiger partial charge in [-0.25, -0.2) is 9.50 Å². The van der Waals surface area contributed by atoms with Gasteiger partial charge in [0.05, 0.1) is 12.6 Å². The molecule has 0 bridgehead atoms. The van der Waals surface area contributed by atoms with Gasteiger partial charge in [-0.2, -0.15) is 5.10 Å². The average molecular weight is 483 g/mol. The number of hydrogen-bond acceptors (Lipinski definition) is 6. The molecule has 5 rings (SSSR count). The molecule has 1 atom stereocenters. The van der Waals surface area contributed by atoms with Crippen molar-refractivity contribution in [1.29, 1.82) is 0 Å². The highest BCUT2D eigenvalue weighted by molar-refractivity contribution is 6.03. The minimum atomic E-state index is -0.231. The van der Waals surface area contributed by atoms with Gasteiger partial charge < -0.3 is 21.1 Å². The molecule has 1 aliphatic heterocycles. The summed E-state index contributed by atoms with van der Waals surface area (Å²) in [6.07, 6.45) is 4.12. The summed E-state index contributed by atoms with van der Waals surface area (Å²) in [5, 5.41) is 10.2. The Morgan fingerprint density at radius 2 is 1.83 bits per heavy atom. The zero-order valence-electron chi connectivity index (χ0n) is 19.8. The molecule has 2 aromatic carbocycles. The fraction of sp³-hybridized carbons (Fsp3) is 0.185. The van der Waals surface area contributed by atoms with Crippen molar-refractivity contribution in [1.82, 2.24) is 19.9 Å². The minimum Gasteiger partial charge on any atom is -0.382 e. The van der Waals surface area contributed by atoms with E-state index in [-0.39, 0.29) is 17.9 Å². The van der Waals surface area contributed by atoms with Crippen LogP contribution >= 0.6 is 0 Å². The third-order valence-electron chi connectivity index (χ3n) is 6.14. The number of nitrogens with zero attached hydrogens (tertiary/aromatic N) is 3. The predicted octanol–water partition coefficient (Wildman–Crippen LogP) is 3.68. The molecule has 0 aliphatic carbocycles. The number of benzene rings is 2. The second kappa shape index (κ2) is 9.63. The quantitative estimate of drug-likeness (QED) is 0.360. The van der Waals surface area contributed by atoms with Crippen molar-refractivity contribution in [2.75, 3.05) is 24.3 Å². The summed E-state index contributed by atoms with van der Waals surface area (Å²) in [6.45, 7) is 6.53. The Hall–Kier alpha value is -4.50. The molecular formula is C27H26N6O3. The largest absolute Gasteiger partial charge is 0.382 e. The van der Waals surface area contributed by atoms with Crippen LogP contribution in [-0.4, -0.2) is 45.7 Å². The van der Waals surface area contributed by atoms with Crippen molar-refractivity contribution >= 4 is 28.8 Å². The molecule has 0 saturated carbocycles. The lowest BCUT2D eigenvalue weighted by molar-refractivity contribution is -0.112. The van der Waals surface area contributed by atoms with Gasteiger partial charge in [-0.05, 0) is 48.7 Å². The second-order valence-electron chi connectivity index (χ2n) is 8.78. The number of rotatable bonds is 6. The predicted molar refractivity (Wildman–Crippen MR) is 138 cm³/mol. The summed E-state index contributed by atoms with van der Waals surface area (Å²) in [6, 6.07) is 14.9. The maximum absolute atomic E-state index is 12.7. The van der Waals surface area contributed by atoms with Gasteiger partial charge in [-0.1, -0.05) is 30.8 Å². The molecular weight excluding hydrogens is 456 g/mol. The van der Waals surface area contributed by atoms with Crippen molar-refractivity contribution < 1.29 is 14.3 Å². The Kier molecular flexibility index (Phi) is 6.22. The van der Waals surface area contributed by atoms with Gasteiger partial charge in [0, 0.05) is 40.8 Å². The van der Waals surface area contributed by atoms with E-state index in [1.165, 1.54) is 6.33 Å². The molecule has 182 valence electrons. The maximum atomic E-state index is 12.7. The summed E-state index contributed by atoms with van der Waals surface area (Å²) in [7, 11) is 0. The molecule has 0 radical (unpaired) electrons. The molecule has 9 heteroatoms. The molecule has 4 N–H and O–H groups in total. The summed E-state index contributed by atoms with van der Waals surface area (Å²) >= 11 is 0. The number of carbonyl (C=O) groups is 2. The van der Waals surface area contributed by atoms with Crippen LogP contribution in [0, 0.1) is 0 Å². The van der Waals surface area contributed by atoms with E-state index in [0.717, 1.165) is 28.7 Å². The molecule has 1 unspecified atom stereocenters. The molecule has 3 heterocycles. The fourth-order valence-electron chi connectivity index (χ4n) is 4.22. The lowest BCUT2D eigenvalue weighted by Crippen LogP contribution is -2.34. The highest BCUT2D eigenvalue weighted by Gasteiger charge is 2.21. The van der Waals surface area contributed by atoms with E-state index in [0.29, 0.717) is 41.4 Å². The molecule has 1 aliphatic rings. The van der Waals surface area contributed by atoms with E-state index >= 15 is 0 Å². The first-order valence-electron chi connectivity index (χ1n) is 11.6. The lowest BCUT2D eigenvalue weighted by Gasteiger charge is -2.12. The Morgan fingerprint density at radius 1 is 1.11 bits per heavy atom. The Bertz CT molecular complexity index is 1450. The van der Waals surface area contributed by atoms with E-state index in [1.54, 1.807) is 23.6 Å². The molecule has 9 nitrogen and oxygen atoms in total. The zero-order valence-corrected chi connectivity index (χ0v) is 19.8. The van der Waals surface area contributed by atoms with Gasteiger partial charge in [0.1, 0.15) is 11.8 Å². The molecule has 4 aromatic rings. The molecule has 2 amide bonds. The van der Waals surface area contributed by atoms with E-state index in [9.17, 15) is 9.59 Å². The number of nitrogen functional groups attached to an aromatic ring is 1. The Morgan fingerprint density at radius 3 is 2.50 bits per heavy atom. The molecule has 0 spiro atoms. The van der Waals surface area contributed by atoms with Crippen LogP contribution in [0.15, 0.2) is 73.2 Å². The van der Waals surface area contributed by atoms with Crippen molar-refractivity contribution in [3.8, 4) is 22.3 Å². The monoisotopic (exact) mass is 482 g/mol. The first-order chi connectivity index (χ1) is 17.4. The van der Waals surface area contributed by atoms with Crippen LogP contribution in [0.3, 0.4) is 0 Å². The zero-order chi connectivity index (χ0) is 25.2. The number of nitrogens with two attached hydrogens (primary N) is 1. The molecule has 2 aromatic heterocycles. The Labute approximate surface area is 208 Å². The summed E-state index contributed by atoms with van der Waals surface area (Å²) in [4.78, 5) is 28.8. The highest BCUT2D eigenvalue weighted by atomic mass is 16.5. The van der Waals surface area contributed by atoms with Crippen LogP contribution in [0.5, 0.6) is 0 Å². The van der Waals surface area contributed by atoms with Gasteiger partial charge >= 0.3 is 0 Å². The SMILES string of the molecule is C=C(C)C(=O)Nc1ccc(-c2cn3ncnc(N)c3c2-c2ccc(C(=O)NC3CCOC3)cc2)cc1. The van der Waals surface area contributed by atoms with E-state index in [4.69, 9.17) is 10.5 Å². The highest BCUT2D eigenvalue weighted by Crippen LogP contribution is 2.38. The normalized spacial score (nSPS) is 15.1. The van der Waals surface area contributed by atoms with Crippen LogP contribution < -0.4 is 16.4 Å². The van der Waals surface area contributed by atoms with Crippen LogP contribution in [0.4, 0.5) is 11.5 Å². The summed E-state index contributed by atoms with van der Waals surface area (Å²) < 4.78 is 7.04. The van der Waals surface area contributed by atoms with E-state index in [2.05, 4.69) is 27.3 Å². The third kappa shape index (κ3) is 4.56. The van der Waals surface area contributed by atoms with Gasteiger partial charge in [-0.3, -0.25) is 9.59 Å². The maximum Gasteiger partial charge on any atom is 0.251 e. The average Bonchev–Trinajstić information content (AvgIpc) is 3.53. The topological polar surface area (TPSA) is 124 Å². The van der Waals surface area contributed by atoms with Gasteiger partial charge in [0.15, 0.2) is 5.82 Å². The fourth-order valence-corrected chi connectivity index (χ4v) is 4.22. The standard InChI is InChI=1S/C27H26N6O3/c1-16(2)26(34)31-20-9-7-17(8-10-20)22-13-33-24(25(28)29-15-30-33)23(22)18-3-5-19(6-4-18)27(35)32-21-11-12-36-14-21/h3-10,13,15,21H,1,11-12,14H2,2H3,(H,31,34)(H,32,35)(H2,28,29,30). The van der Waals surface area contributed by atoms with Crippen LogP contribution in [0.1, 0.15) is 23.7 Å². The van der Waals surface area contributed by atoms with Crippen molar-refractivity contribution in [3.63, 3.8) is 0 Å². The van der Waals surface area contributed by atoms with Crippen LogP contribution in [-0.2, 0) is 9.53 Å². The number of anilines is 2. The summed E-state index contributed by atoms with van der Waals surface area (Å²) in [5.41, 5.74) is 12.1. The first kappa shape index (κ1) is 23.3. The van der Waals surface area contributed by atoms with Crippen molar-refractivity contribution in [3.05, 3.63) is 78.8 Å². The van der Waals surface area contributed by atoms with Gasteiger partial charge in [-0.15, -0.1) is 0 Å². The Balaban J connectivity index is 1.50. The van der Waals surface area contributed by atoms with Crippen LogP contribution in [0.2, 0.25) is 0 Å². The van der Waals surface area contributed by atoms with E-state index in [1.807, 2.05) is 42.6 Å². The summed E-state index contributed by atoms with van der Waals surface area (Å²) in [5.74, 6) is -0.0143.